The molecule has 0 aliphatic rings. The molecule has 0 saturated carbocycles. The maximum Gasteiger partial charge on any atom is 0.0802 e. The van der Waals surface area contributed by atoms with Crippen molar-refractivity contribution in [3.05, 3.63) is 34.3 Å². The molecule has 2 nitrogen and oxygen atoms in total. The maximum atomic E-state index is 9.54. The molecule has 3 N–H and O–H groups in total. The number of halogens is 1. The molecule has 0 amide bonds. The summed E-state index contributed by atoms with van der Waals surface area (Å²) in [6, 6.07) is 7.63. The summed E-state index contributed by atoms with van der Waals surface area (Å²) in [6.07, 6.45) is 0.170. The highest BCUT2D eigenvalue weighted by Gasteiger charge is 2.05. The molecule has 12 heavy (non-hydrogen) atoms. The molecule has 1 aromatic carbocycles. The van der Waals surface area contributed by atoms with Crippen molar-refractivity contribution in [2.45, 2.75) is 12.5 Å². The van der Waals surface area contributed by atoms with E-state index < -0.39 is 6.10 Å². The van der Waals surface area contributed by atoms with Crippen LogP contribution in [-0.4, -0.2) is 11.7 Å². The third kappa shape index (κ3) is 2.59. The molecule has 1 atom stereocenters. The third-order valence-corrected chi connectivity index (χ3v) is 2.17. The fraction of sp³-hybridized carbons (Fsp3) is 0.333. The van der Waals surface area contributed by atoms with Gasteiger partial charge in [0, 0.05) is 4.47 Å². The van der Waals surface area contributed by atoms with Gasteiger partial charge in [0.25, 0.3) is 0 Å². The van der Waals surface area contributed by atoms with Crippen LogP contribution in [0.3, 0.4) is 0 Å². The first-order valence-electron chi connectivity index (χ1n) is 3.87. The zero-order valence-corrected chi connectivity index (χ0v) is 8.29. The van der Waals surface area contributed by atoms with Gasteiger partial charge in [0.2, 0.25) is 0 Å². The molecule has 0 radical (unpaired) electrons. The Morgan fingerprint density at radius 2 is 2.25 bits per heavy atom. The van der Waals surface area contributed by atoms with E-state index in [2.05, 4.69) is 15.9 Å². The van der Waals surface area contributed by atoms with E-state index in [1.54, 1.807) is 0 Å². The predicted molar refractivity (Wildman–Crippen MR) is 52.8 cm³/mol. The molecule has 0 saturated heterocycles. The van der Waals surface area contributed by atoms with Crippen LogP contribution < -0.4 is 5.73 Å². The van der Waals surface area contributed by atoms with Gasteiger partial charge < -0.3 is 10.8 Å². The molecule has 0 fully saturated rings. The van der Waals surface area contributed by atoms with Crippen molar-refractivity contribution in [2.24, 2.45) is 5.73 Å². The smallest absolute Gasteiger partial charge is 0.0802 e. The van der Waals surface area contributed by atoms with Gasteiger partial charge in [-0.3, -0.25) is 0 Å². The molecule has 66 valence electrons. The third-order valence-electron chi connectivity index (χ3n) is 1.67. The van der Waals surface area contributed by atoms with Crippen LogP contribution >= 0.6 is 15.9 Å². The highest BCUT2D eigenvalue weighted by molar-refractivity contribution is 9.10. The van der Waals surface area contributed by atoms with E-state index in [4.69, 9.17) is 5.73 Å². The summed E-state index contributed by atoms with van der Waals surface area (Å²) in [7, 11) is 0. The Kier molecular flexibility index (Phi) is 3.72. The van der Waals surface area contributed by atoms with Crippen LogP contribution in [0.25, 0.3) is 0 Å². The second-order valence-electron chi connectivity index (χ2n) is 2.65. The minimum absolute atomic E-state index is 0.438. The first-order valence-corrected chi connectivity index (χ1v) is 4.67. The summed E-state index contributed by atoms with van der Waals surface area (Å²) in [5.74, 6) is 0. The van der Waals surface area contributed by atoms with Crippen molar-refractivity contribution in [2.75, 3.05) is 6.54 Å². The van der Waals surface area contributed by atoms with Gasteiger partial charge in [-0.15, -0.1) is 0 Å². The number of nitrogens with two attached hydrogens (primary N) is 1. The molecule has 0 unspecified atom stereocenters. The van der Waals surface area contributed by atoms with Crippen LogP contribution in [0.5, 0.6) is 0 Å². The monoisotopic (exact) mass is 229 g/mol. The van der Waals surface area contributed by atoms with Gasteiger partial charge in [-0.1, -0.05) is 28.1 Å². The molecular weight excluding hydrogens is 218 g/mol. The Balaban J connectivity index is 2.73. The summed E-state index contributed by atoms with van der Waals surface area (Å²) < 4.78 is 0.982. The fourth-order valence-corrected chi connectivity index (χ4v) is 1.46. The van der Waals surface area contributed by atoms with Crippen LogP contribution in [-0.2, 0) is 0 Å². The van der Waals surface area contributed by atoms with Crippen molar-refractivity contribution in [1.29, 1.82) is 0 Å². The molecular formula is C9H12BrNO. The molecule has 0 aliphatic heterocycles. The highest BCUT2D eigenvalue weighted by atomic mass is 79.9. The molecule has 0 aromatic heterocycles. The molecule has 3 heteroatoms. The minimum Gasteiger partial charge on any atom is -0.388 e. The second kappa shape index (κ2) is 4.60. The van der Waals surface area contributed by atoms with Crippen LogP contribution in [0.2, 0.25) is 0 Å². The molecule has 0 heterocycles. The van der Waals surface area contributed by atoms with Crippen molar-refractivity contribution in [3.63, 3.8) is 0 Å². The lowest BCUT2D eigenvalue weighted by Crippen LogP contribution is -2.06. The van der Waals surface area contributed by atoms with E-state index >= 15 is 0 Å². The normalized spacial score (nSPS) is 12.9. The number of benzene rings is 1. The zero-order chi connectivity index (χ0) is 8.97. The van der Waals surface area contributed by atoms with Gasteiger partial charge in [-0.25, -0.2) is 0 Å². The highest BCUT2D eigenvalue weighted by Crippen LogP contribution is 2.19. The van der Waals surface area contributed by atoms with Crippen LogP contribution in [0.1, 0.15) is 18.1 Å². The first kappa shape index (κ1) is 9.71. The maximum absolute atomic E-state index is 9.54. The molecule has 0 aliphatic carbocycles. The van der Waals surface area contributed by atoms with Gasteiger partial charge in [0.15, 0.2) is 0 Å². The second-order valence-corrected chi connectivity index (χ2v) is 3.56. The van der Waals surface area contributed by atoms with Crippen LogP contribution in [0.15, 0.2) is 28.7 Å². The van der Waals surface area contributed by atoms with E-state index in [-0.39, 0.29) is 0 Å². The molecule has 1 aromatic rings. The Hall–Kier alpha value is -0.380. The summed E-state index contributed by atoms with van der Waals surface area (Å²) in [4.78, 5) is 0. The number of aliphatic hydroxyl groups excluding tert-OH is 1. The lowest BCUT2D eigenvalue weighted by atomic mass is 10.1. The summed E-state index contributed by atoms with van der Waals surface area (Å²) >= 11 is 3.34. The number of rotatable bonds is 3. The molecule has 0 spiro atoms. The largest absolute Gasteiger partial charge is 0.388 e. The van der Waals surface area contributed by atoms with Crippen LogP contribution in [0, 0.1) is 0 Å². The summed E-state index contributed by atoms with van der Waals surface area (Å²) in [5.41, 5.74) is 6.24. The number of aliphatic hydroxyl groups is 1. The van der Waals surface area contributed by atoms with E-state index in [0.717, 1.165) is 10.0 Å². The van der Waals surface area contributed by atoms with Gasteiger partial charge in [-0.2, -0.15) is 0 Å². The van der Waals surface area contributed by atoms with Crippen molar-refractivity contribution < 1.29 is 5.11 Å². The Bertz CT molecular complexity index is 252. The Morgan fingerprint density at radius 3 is 2.83 bits per heavy atom. The Labute approximate surface area is 80.5 Å². The lowest BCUT2D eigenvalue weighted by molar-refractivity contribution is 0.170. The number of hydrogen-bond donors (Lipinski definition) is 2. The van der Waals surface area contributed by atoms with Crippen LogP contribution in [0.4, 0.5) is 0 Å². The fourth-order valence-electron chi connectivity index (χ4n) is 1.04. The standard InChI is InChI=1S/C9H12BrNO/c10-8-3-1-2-7(6-8)9(12)4-5-11/h1-3,6,9,12H,4-5,11H2/t9-/m0/s1. The number of hydrogen-bond acceptors (Lipinski definition) is 2. The van der Waals surface area contributed by atoms with Crippen molar-refractivity contribution in [1.82, 2.24) is 0 Å². The zero-order valence-electron chi connectivity index (χ0n) is 6.70. The van der Waals surface area contributed by atoms with E-state index in [1.807, 2.05) is 24.3 Å². The van der Waals surface area contributed by atoms with Crippen molar-refractivity contribution >= 4 is 15.9 Å². The first-order chi connectivity index (χ1) is 5.74. The topological polar surface area (TPSA) is 46.2 Å². The molecule has 1 rings (SSSR count). The average molecular weight is 230 g/mol. The average Bonchev–Trinajstić information content (AvgIpc) is 2.05. The molecule has 0 bridgehead atoms. The minimum atomic E-state index is -0.438. The van der Waals surface area contributed by atoms with Gasteiger partial charge in [0.1, 0.15) is 0 Å². The van der Waals surface area contributed by atoms with Crippen molar-refractivity contribution in [3.8, 4) is 0 Å². The van der Waals surface area contributed by atoms with Gasteiger partial charge in [-0.05, 0) is 30.7 Å². The Morgan fingerprint density at radius 1 is 1.50 bits per heavy atom. The van der Waals surface area contributed by atoms with E-state index in [0.29, 0.717) is 13.0 Å². The predicted octanol–water partition coefficient (Wildman–Crippen LogP) is 1.83. The SMILES string of the molecule is NCC[C@H](O)c1cccc(Br)c1. The van der Waals surface area contributed by atoms with Gasteiger partial charge in [0.05, 0.1) is 6.10 Å². The summed E-state index contributed by atoms with van der Waals surface area (Å²) in [6.45, 7) is 0.508. The van der Waals surface area contributed by atoms with E-state index in [9.17, 15) is 5.11 Å². The quantitative estimate of drug-likeness (QED) is 0.832. The van der Waals surface area contributed by atoms with Gasteiger partial charge >= 0.3 is 0 Å². The summed E-state index contributed by atoms with van der Waals surface area (Å²) in [5, 5.41) is 9.54. The lowest BCUT2D eigenvalue weighted by Gasteiger charge is -2.09. The van der Waals surface area contributed by atoms with E-state index in [1.165, 1.54) is 0 Å².